The molecule has 13 heteroatoms. The number of hydrogen-bond acceptors (Lipinski definition) is 7. The normalized spacial score (nSPS) is 14.4. The fraction of sp³-hybridized carbons (Fsp3) is 0.290. The predicted molar refractivity (Wildman–Crippen MR) is 163 cm³/mol. The van der Waals surface area contributed by atoms with Crippen LogP contribution < -0.4 is 15.6 Å². The van der Waals surface area contributed by atoms with E-state index in [2.05, 4.69) is 15.3 Å². The van der Waals surface area contributed by atoms with Crippen molar-refractivity contribution in [3.63, 3.8) is 0 Å². The Labute approximate surface area is 258 Å². The molecule has 3 aromatic heterocycles. The van der Waals surface area contributed by atoms with Crippen LogP contribution in [0.5, 0.6) is 5.75 Å². The first-order valence-electron chi connectivity index (χ1n) is 13.9. The van der Waals surface area contributed by atoms with Crippen LogP contribution in [0.4, 0.5) is 13.2 Å². The first-order chi connectivity index (χ1) is 21.0. The van der Waals surface area contributed by atoms with Crippen molar-refractivity contribution >= 4 is 50.0 Å². The highest BCUT2D eigenvalue weighted by Crippen LogP contribution is 2.41. The van der Waals surface area contributed by atoms with E-state index in [1.165, 1.54) is 33.5 Å². The van der Waals surface area contributed by atoms with Crippen LogP contribution in [-0.4, -0.2) is 45.3 Å². The predicted octanol–water partition coefficient (Wildman–Crippen LogP) is 6.90. The van der Waals surface area contributed by atoms with E-state index in [1.54, 1.807) is 31.2 Å². The summed E-state index contributed by atoms with van der Waals surface area (Å²) in [5, 5.41) is 14.8. The molecule has 0 spiro atoms. The zero-order chi connectivity index (χ0) is 31.2. The van der Waals surface area contributed by atoms with Gasteiger partial charge in [-0.05, 0) is 80.7 Å². The SMILES string of the molecule is Cc1nc2cc(C(F)(F)F)c(C3CCNCC3)cc2c(=O)n1CCOc1ccc(Cl)cc1-c1ccnc2c(C(=O)O)csc12. The molecule has 0 saturated carbocycles. The van der Waals surface area contributed by atoms with Gasteiger partial charge in [0.15, 0.2) is 0 Å². The lowest BCUT2D eigenvalue weighted by atomic mass is 9.86. The monoisotopic (exact) mass is 642 g/mol. The molecule has 5 aromatic rings. The smallest absolute Gasteiger partial charge is 0.416 e. The van der Waals surface area contributed by atoms with Crippen molar-refractivity contribution in [1.82, 2.24) is 19.9 Å². The number of aromatic nitrogens is 3. The molecule has 1 saturated heterocycles. The summed E-state index contributed by atoms with van der Waals surface area (Å²) in [6.07, 6.45) is -1.95. The number of alkyl halides is 3. The number of ether oxygens (including phenoxy) is 1. The lowest BCUT2D eigenvalue weighted by Gasteiger charge is -2.26. The fourth-order valence-electron chi connectivity index (χ4n) is 5.76. The molecule has 6 rings (SSSR count). The lowest BCUT2D eigenvalue weighted by molar-refractivity contribution is -0.138. The number of aromatic carboxylic acids is 1. The number of rotatable bonds is 7. The number of nitrogens with one attached hydrogen (secondary N) is 1. The summed E-state index contributed by atoms with van der Waals surface area (Å²) >= 11 is 7.57. The molecule has 4 heterocycles. The Morgan fingerprint density at radius 1 is 1.18 bits per heavy atom. The quantitative estimate of drug-likeness (QED) is 0.199. The number of hydrogen-bond donors (Lipinski definition) is 2. The number of thiophene rings is 1. The van der Waals surface area contributed by atoms with E-state index in [-0.39, 0.29) is 46.9 Å². The van der Waals surface area contributed by atoms with Crippen LogP contribution in [-0.2, 0) is 12.7 Å². The molecule has 0 bridgehead atoms. The number of carbonyl (C=O) groups is 1. The first kappa shape index (κ1) is 30.0. The summed E-state index contributed by atoms with van der Waals surface area (Å²) in [4.78, 5) is 33.9. The Kier molecular flexibility index (Phi) is 8.08. The van der Waals surface area contributed by atoms with Gasteiger partial charge in [0.1, 0.15) is 18.2 Å². The number of carboxylic acids is 1. The third-order valence-electron chi connectivity index (χ3n) is 7.89. The molecule has 2 aromatic carbocycles. The minimum absolute atomic E-state index is 0.00745. The molecular weight excluding hydrogens is 617 g/mol. The maximum atomic E-state index is 14.1. The van der Waals surface area contributed by atoms with Crippen LogP contribution in [0.2, 0.25) is 5.02 Å². The van der Waals surface area contributed by atoms with Gasteiger partial charge in [-0.15, -0.1) is 11.3 Å². The molecule has 8 nitrogen and oxygen atoms in total. The van der Waals surface area contributed by atoms with E-state index < -0.39 is 23.3 Å². The number of carboxylic acid groups (broad SMARTS) is 1. The first-order valence-corrected chi connectivity index (χ1v) is 15.1. The van der Waals surface area contributed by atoms with Gasteiger partial charge in [0, 0.05) is 27.7 Å². The molecule has 1 fully saturated rings. The van der Waals surface area contributed by atoms with E-state index in [4.69, 9.17) is 16.3 Å². The van der Waals surface area contributed by atoms with E-state index in [0.29, 0.717) is 58.0 Å². The Balaban J connectivity index is 1.33. The molecule has 0 amide bonds. The maximum absolute atomic E-state index is 14.1. The average Bonchev–Trinajstić information content (AvgIpc) is 3.44. The topological polar surface area (TPSA) is 106 Å². The number of aryl methyl sites for hydroxylation is 1. The van der Waals surface area contributed by atoms with Gasteiger partial charge < -0.3 is 15.2 Å². The number of piperidine rings is 1. The summed E-state index contributed by atoms with van der Waals surface area (Å²) in [7, 11) is 0. The Morgan fingerprint density at radius 2 is 1.95 bits per heavy atom. The van der Waals surface area contributed by atoms with E-state index in [0.717, 1.165) is 6.07 Å². The van der Waals surface area contributed by atoms with Crippen molar-refractivity contribution in [2.24, 2.45) is 0 Å². The minimum atomic E-state index is -4.57. The lowest BCUT2D eigenvalue weighted by Crippen LogP contribution is -2.29. The van der Waals surface area contributed by atoms with Crippen LogP contribution in [0.1, 0.15) is 46.1 Å². The molecule has 1 aliphatic rings. The van der Waals surface area contributed by atoms with Gasteiger partial charge in [-0.2, -0.15) is 13.2 Å². The van der Waals surface area contributed by atoms with Gasteiger partial charge >= 0.3 is 12.1 Å². The summed E-state index contributed by atoms with van der Waals surface area (Å²) in [5.74, 6) is -0.672. The van der Waals surface area contributed by atoms with Gasteiger partial charge in [0.05, 0.1) is 38.8 Å². The van der Waals surface area contributed by atoms with Crippen molar-refractivity contribution in [3.05, 3.63) is 85.9 Å². The molecule has 0 atom stereocenters. The van der Waals surface area contributed by atoms with Gasteiger partial charge in [0.2, 0.25) is 0 Å². The third kappa shape index (κ3) is 5.64. The van der Waals surface area contributed by atoms with E-state index in [9.17, 15) is 27.9 Å². The van der Waals surface area contributed by atoms with Crippen LogP contribution in [0.25, 0.3) is 32.2 Å². The molecular formula is C31H26ClF3N4O4S. The average molecular weight is 643 g/mol. The molecule has 228 valence electrons. The third-order valence-corrected chi connectivity index (χ3v) is 9.13. The van der Waals surface area contributed by atoms with Crippen LogP contribution in [0.15, 0.2) is 52.8 Å². The second-order valence-electron chi connectivity index (χ2n) is 10.6. The van der Waals surface area contributed by atoms with Crippen molar-refractivity contribution < 1.29 is 27.8 Å². The second kappa shape index (κ2) is 11.8. The van der Waals surface area contributed by atoms with Crippen molar-refractivity contribution in [2.45, 2.75) is 38.4 Å². The number of halogens is 4. The zero-order valence-electron chi connectivity index (χ0n) is 23.4. The highest BCUT2D eigenvalue weighted by atomic mass is 35.5. The summed E-state index contributed by atoms with van der Waals surface area (Å²) in [6, 6.07) is 9.18. The van der Waals surface area contributed by atoms with Crippen molar-refractivity contribution in [1.29, 1.82) is 0 Å². The summed E-state index contributed by atoms with van der Waals surface area (Å²) < 4.78 is 50.4. The number of benzene rings is 2. The standard InChI is InChI=1S/C31H26ClF3N4O4S/c1-16-38-25-14-24(31(33,34)35)20(17-4-7-36-8-5-17)13-22(25)29(40)39(16)10-11-43-26-3-2-18(32)12-21(26)19-6-9-37-27-23(30(41)42)15-44-28(19)27/h2-3,6,9,12-15,17,36H,4-5,7-8,10-11H2,1H3,(H,41,42). The van der Waals surface area contributed by atoms with Crippen LogP contribution in [0, 0.1) is 6.92 Å². The molecule has 44 heavy (non-hydrogen) atoms. The minimum Gasteiger partial charge on any atom is -0.491 e. The van der Waals surface area contributed by atoms with Gasteiger partial charge in [-0.25, -0.2) is 9.78 Å². The molecule has 0 aliphatic carbocycles. The molecule has 1 aliphatic heterocycles. The van der Waals surface area contributed by atoms with Crippen LogP contribution >= 0.6 is 22.9 Å². The van der Waals surface area contributed by atoms with Gasteiger partial charge in [-0.3, -0.25) is 14.3 Å². The Morgan fingerprint density at radius 3 is 2.68 bits per heavy atom. The maximum Gasteiger partial charge on any atom is 0.416 e. The zero-order valence-corrected chi connectivity index (χ0v) is 24.9. The highest BCUT2D eigenvalue weighted by molar-refractivity contribution is 7.18. The molecule has 0 radical (unpaired) electrons. The Bertz CT molecular complexity index is 1970. The van der Waals surface area contributed by atoms with E-state index in [1.807, 2.05) is 0 Å². The second-order valence-corrected chi connectivity index (χ2v) is 11.9. The molecule has 2 N–H and O–H groups in total. The van der Waals surface area contributed by atoms with Gasteiger partial charge in [-0.1, -0.05) is 11.6 Å². The largest absolute Gasteiger partial charge is 0.491 e. The number of fused-ring (bicyclic) bond motifs is 2. The van der Waals surface area contributed by atoms with Crippen LogP contribution in [0.3, 0.4) is 0 Å². The number of nitrogens with zero attached hydrogens (tertiary/aromatic N) is 3. The number of pyridine rings is 1. The Hall–Kier alpha value is -4.00. The van der Waals surface area contributed by atoms with E-state index >= 15 is 0 Å². The molecule has 0 unspecified atom stereocenters. The van der Waals surface area contributed by atoms with Crippen molar-refractivity contribution in [2.75, 3.05) is 19.7 Å². The highest BCUT2D eigenvalue weighted by Gasteiger charge is 2.36. The summed E-state index contributed by atoms with van der Waals surface area (Å²) in [6.45, 7) is 2.93. The van der Waals surface area contributed by atoms with Gasteiger partial charge in [0.25, 0.3) is 5.56 Å². The summed E-state index contributed by atoms with van der Waals surface area (Å²) in [5.41, 5.74) is 0.720. The van der Waals surface area contributed by atoms with Crippen molar-refractivity contribution in [3.8, 4) is 16.9 Å². The fourth-order valence-corrected chi connectivity index (χ4v) is 6.96.